The van der Waals surface area contributed by atoms with Crippen LogP contribution in [0, 0.1) is 10.1 Å². The van der Waals surface area contributed by atoms with E-state index in [1.165, 1.54) is 0 Å². The lowest BCUT2D eigenvalue weighted by Gasteiger charge is -2.18. The molecule has 3 N–H and O–H groups in total. The summed E-state index contributed by atoms with van der Waals surface area (Å²) in [4.78, 5) is 20.0. The molecule has 0 fully saturated rings. The number of nitrogens with one attached hydrogen (secondary N) is 1. The zero-order chi connectivity index (χ0) is 14.5. The summed E-state index contributed by atoms with van der Waals surface area (Å²) >= 11 is 0. The summed E-state index contributed by atoms with van der Waals surface area (Å²) in [5, 5.41) is 11.0. The number of hydrogen-bond acceptors (Lipinski definition) is 7. The molecule has 0 saturated carbocycles. The second-order valence-electron chi connectivity index (χ2n) is 4.15. The Morgan fingerprint density at radius 1 is 1.40 bits per heavy atom. The largest absolute Gasteiger partial charge is 0.349 e. The van der Waals surface area contributed by atoms with Crippen LogP contribution in [0.2, 0.25) is 0 Å². The number of nitrogens with zero attached hydrogens (tertiary/aromatic N) is 4. The lowest BCUT2D eigenvalue weighted by Crippen LogP contribution is -2.21. The van der Waals surface area contributed by atoms with Gasteiger partial charge in [-0.15, -0.1) is 0 Å². The van der Waals surface area contributed by atoms with Crippen LogP contribution < -0.4 is 16.2 Å². The number of nitrogen functional groups attached to an aromatic ring is 1. The van der Waals surface area contributed by atoms with Crippen molar-refractivity contribution >= 4 is 17.5 Å². The van der Waals surface area contributed by atoms with Crippen LogP contribution in [0.4, 0.5) is 17.5 Å². The fourth-order valence-corrected chi connectivity index (χ4v) is 1.78. The number of rotatable bonds is 5. The number of aromatic nitrogens is 2. The van der Waals surface area contributed by atoms with E-state index in [4.69, 9.17) is 5.84 Å². The van der Waals surface area contributed by atoms with Crippen molar-refractivity contribution in [3.63, 3.8) is 0 Å². The third-order valence-electron chi connectivity index (χ3n) is 2.70. The fourth-order valence-electron chi connectivity index (χ4n) is 1.78. The molecule has 0 atom stereocenters. The van der Waals surface area contributed by atoms with Crippen LogP contribution >= 0.6 is 0 Å². The van der Waals surface area contributed by atoms with Gasteiger partial charge >= 0.3 is 5.69 Å². The molecule has 0 spiro atoms. The number of anilines is 2. The third kappa shape index (κ3) is 2.98. The molecule has 20 heavy (non-hydrogen) atoms. The molecule has 0 aliphatic heterocycles. The Balaban J connectivity index is 2.32. The van der Waals surface area contributed by atoms with Crippen molar-refractivity contribution in [2.75, 3.05) is 17.4 Å². The van der Waals surface area contributed by atoms with Crippen molar-refractivity contribution in [1.82, 2.24) is 9.97 Å². The van der Waals surface area contributed by atoms with Crippen LogP contribution in [-0.4, -0.2) is 21.9 Å². The number of benzene rings is 1. The number of nitro groups is 1. The third-order valence-corrected chi connectivity index (χ3v) is 2.70. The summed E-state index contributed by atoms with van der Waals surface area (Å²) in [6.45, 7) is 0.489. The second-order valence-corrected chi connectivity index (χ2v) is 4.15. The van der Waals surface area contributed by atoms with Gasteiger partial charge in [0.05, 0.1) is 4.92 Å². The summed E-state index contributed by atoms with van der Waals surface area (Å²) in [5.41, 5.74) is 3.14. The smallest absolute Gasteiger partial charge is 0.329 e. The molecule has 1 aromatic carbocycles. The van der Waals surface area contributed by atoms with Gasteiger partial charge in [-0.3, -0.25) is 15.5 Å². The summed E-state index contributed by atoms with van der Waals surface area (Å²) in [6, 6.07) is 9.60. The predicted octanol–water partition coefficient (Wildman–Crippen LogP) is 1.31. The highest BCUT2D eigenvalue weighted by molar-refractivity contribution is 5.58. The Hall–Kier alpha value is -2.74. The van der Waals surface area contributed by atoms with Gasteiger partial charge in [0.15, 0.2) is 0 Å². The van der Waals surface area contributed by atoms with Crippen molar-refractivity contribution < 1.29 is 4.92 Å². The molecule has 0 unspecified atom stereocenters. The summed E-state index contributed by atoms with van der Waals surface area (Å²) in [6.07, 6.45) is 1.14. The van der Waals surface area contributed by atoms with E-state index in [0.717, 1.165) is 11.8 Å². The SMILES string of the molecule is CN(Cc1ccccc1)c1nc(NN)ncc1[N+](=O)[O-]. The quantitative estimate of drug-likeness (QED) is 0.480. The molecular weight excluding hydrogens is 260 g/mol. The number of hydrogen-bond donors (Lipinski definition) is 2. The van der Waals surface area contributed by atoms with E-state index >= 15 is 0 Å². The standard InChI is InChI=1S/C12H14N6O2/c1-17(8-9-5-3-2-4-6-9)11-10(18(19)20)7-14-12(15-11)16-13/h2-7H,8,13H2,1H3,(H,14,15,16). The predicted molar refractivity (Wildman–Crippen MR) is 75.0 cm³/mol. The molecule has 1 aromatic heterocycles. The van der Waals surface area contributed by atoms with Gasteiger partial charge in [0.25, 0.3) is 0 Å². The van der Waals surface area contributed by atoms with Gasteiger partial charge in [-0.1, -0.05) is 30.3 Å². The summed E-state index contributed by atoms with van der Waals surface area (Å²) in [7, 11) is 1.72. The normalized spacial score (nSPS) is 10.1. The van der Waals surface area contributed by atoms with Gasteiger partial charge in [-0.2, -0.15) is 4.98 Å². The Morgan fingerprint density at radius 3 is 2.70 bits per heavy atom. The van der Waals surface area contributed by atoms with Crippen LogP contribution in [0.15, 0.2) is 36.5 Å². The summed E-state index contributed by atoms with van der Waals surface area (Å²) < 4.78 is 0. The molecular formula is C12H14N6O2. The Labute approximate surface area is 115 Å². The zero-order valence-electron chi connectivity index (χ0n) is 10.9. The maximum Gasteiger partial charge on any atom is 0.329 e. The first-order valence-electron chi connectivity index (χ1n) is 5.85. The van der Waals surface area contributed by atoms with Gasteiger partial charge in [0.1, 0.15) is 6.20 Å². The Kier molecular flexibility index (Phi) is 4.06. The first-order valence-corrected chi connectivity index (χ1v) is 5.85. The molecule has 0 saturated heterocycles. The highest BCUT2D eigenvalue weighted by Crippen LogP contribution is 2.26. The molecule has 8 heteroatoms. The van der Waals surface area contributed by atoms with Gasteiger partial charge in [0, 0.05) is 13.6 Å². The van der Waals surface area contributed by atoms with Gasteiger partial charge in [-0.05, 0) is 5.56 Å². The van der Waals surface area contributed by atoms with E-state index in [-0.39, 0.29) is 17.5 Å². The van der Waals surface area contributed by atoms with Gasteiger partial charge in [0.2, 0.25) is 11.8 Å². The van der Waals surface area contributed by atoms with Crippen molar-refractivity contribution in [2.45, 2.75) is 6.54 Å². The van der Waals surface area contributed by atoms with Crippen LogP contribution in [0.25, 0.3) is 0 Å². The highest BCUT2D eigenvalue weighted by atomic mass is 16.6. The minimum absolute atomic E-state index is 0.130. The van der Waals surface area contributed by atoms with Crippen molar-refractivity contribution in [1.29, 1.82) is 0 Å². The monoisotopic (exact) mass is 274 g/mol. The molecule has 0 bridgehead atoms. The first-order chi connectivity index (χ1) is 9.61. The van der Waals surface area contributed by atoms with E-state index < -0.39 is 4.92 Å². The molecule has 0 amide bonds. The van der Waals surface area contributed by atoms with Crippen molar-refractivity contribution in [3.8, 4) is 0 Å². The second kappa shape index (κ2) is 5.93. The molecule has 104 valence electrons. The van der Waals surface area contributed by atoms with E-state index in [0.29, 0.717) is 6.54 Å². The molecule has 2 rings (SSSR count). The molecule has 1 heterocycles. The van der Waals surface area contributed by atoms with Crippen LogP contribution in [0.1, 0.15) is 5.56 Å². The van der Waals surface area contributed by atoms with Crippen LogP contribution in [0.5, 0.6) is 0 Å². The minimum Gasteiger partial charge on any atom is -0.349 e. The average molecular weight is 274 g/mol. The zero-order valence-corrected chi connectivity index (χ0v) is 10.9. The maximum atomic E-state index is 11.0. The van der Waals surface area contributed by atoms with Crippen molar-refractivity contribution in [2.24, 2.45) is 5.84 Å². The summed E-state index contributed by atoms with van der Waals surface area (Å²) in [5.74, 6) is 5.57. The average Bonchev–Trinajstić information content (AvgIpc) is 2.47. The van der Waals surface area contributed by atoms with Crippen LogP contribution in [0.3, 0.4) is 0 Å². The van der Waals surface area contributed by atoms with E-state index in [1.54, 1.807) is 11.9 Å². The van der Waals surface area contributed by atoms with E-state index in [9.17, 15) is 10.1 Å². The Morgan fingerprint density at radius 2 is 2.10 bits per heavy atom. The van der Waals surface area contributed by atoms with E-state index in [1.807, 2.05) is 30.3 Å². The van der Waals surface area contributed by atoms with Gasteiger partial charge in [-0.25, -0.2) is 10.8 Å². The Bertz CT molecular complexity index is 604. The number of nitrogens with two attached hydrogens (primary N) is 1. The maximum absolute atomic E-state index is 11.0. The molecule has 8 nitrogen and oxygen atoms in total. The lowest BCUT2D eigenvalue weighted by molar-refractivity contribution is -0.384. The topological polar surface area (TPSA) is 110 Å². The van der Waals surface area contributed by atoms with Crippen LogP contribution in [-0.2, 0) is 6.54 Å². The fraction of sp³-hybridized carbons (Fsp3) is 0.167. The molecule has 2 aromatic rings. The molecule has 0 aliphatic carbocycles. The highest BCUT2D eigenvalue weighted by Gasteiger charge is 2.20. The molecule has 0 radical (unpaired) electrons. The first kappa shape index (κ1) is 13.7. The van der Waals surface area contributed by atoms with E-state index in [2.05, 4.69) is 15.4 Å². The lowest BCUT2D eigenvalue weighted by atomic mass is 10.2. The van der Waals surface area contributed by atoms with Crippen molar-refractivity contribution in [3.05, 3.63) is 52.2 Å². The minimum atomic E-state index is -0.517. The molecule has 0 aliphatic rings. The number of hydrazine groups is 1. The van der Waals surface area contributed by atoms with Gasteiger partial charge < -0.3 is 4.90 Å².